The highest BCUT2D eigenvalue weighted by molar-refractivity contribution is 5.94. The number of amides is 1. The van der Waals surface area contributed by atoms with Crippen LogP contribution in [0.15, 0.2) is 24.3 Å². The Kier molecular flexibility index (Phi) is 4.46. The first kappa shape index (κ1) is 12.2. The molecule has 1 aromatic carbocycles. The van der Waals surface area contributed by atoms with Crippen molar-refractivity contribution in [1.82, 2.24) is 5.32 Å². The van der Waals surface area contributed by atoms with Crippen LogP contribution < -0.4 is 5.32 Å². The standard InChI is InChI=1S/C12H13FN2O/c1-2-3-11(8-14)15-12(16)9-4-6-10(13)7-5-9/h4-7,11H,2-3H2,1H3,(H,15,16). The van der Waals surface area contributed by atoms with Crippen LogP contribution in [0, 0.1) is 17.1 Å². The van der Waals surface area contributed by atoms with Crippen molar-refractivity contribution < 1.29 is 9.18 Å². The zero-order valence-corrected chi connectivity index (χ0v) is 9.03. The van der Waals surface area contributed by atoms with E-state index < -0.39 is 6.04 Å². The zero-order chi connectivity index (χ0) is 12.0. The number of carbonyl (C=O) groups is 1. The number of hydrogen-bond acceptors (Lipinski definition) is 2. The lowest BCUT2D eigenvalue weighted by atomic mass is 10.1. The van der Waals surface area contributed by atoms with Crippen LogP contribution in [0.25, 0.3) is 0 Å². The van der Waals surface area contributed by atoms with E-state index in [9.17, 15) is 9.18 Å². The maximum Gasteiger partial charge on any atom is 0.252 e. The minimum Gasteiger partial charge on any atom is -0.336 e. The van der Waals surface area contributed by atoms with Crippen LogP contribution in [-0.2, 0) is 0 Å². The number of halogens is 1. The largest absolute Gasteiger partial charge is 0.336 e. The summed E-state index contributed by atoms with van der Waals surface area (Å²) in [4.78, 5) is 11.6. The lowest BCUT2D eigenvalue weighted by Gasteiger charge is -2.10. The van der Waals surface area contributed by atoms with E-state index in [-0.39, 0.29) is 11.7 Å². The van der Waals surface area contributed by atoms with Gasteiger partial charge in [0, 0.05) is 5.56 Å². The zero-order valence-electron chi connectivity index (χ0n) is 9.03. The lowest BCUT2D eigenvalue weighted by molar-refractivity contribution is 0.0944. The molecule has 1 amide bonds. The van der Waals surface area contributed by atoms with Gasteiger partial charge in [0.05, 0.1) is 6.07 Å². The Morgan fingerprint density at radius 2 is 2.12 bits per heavy atom. The Morgan fingerprint density at radius 3 is 2.62 bits per heavy atom. The molecule has 0 aliphatic rings. The summed E-state index contributed by atoms with van der Waals surface area (Å²) in [6.45, 7) is 1.94. The number of benzene rings is 1. The van der Waals surface area contributed by atoms with Gasteiger partial charge in [0.25, 0.3) is 5.91 Å². The fourth-order valence-electron chi connectivity index (χ4n) is 1.30. The van der Waals surface area contributed by atoms with E-state index in [2.05, 4.69) is 5.32 Å². The molecule has 0 aliphatic carbocycles. The van der Waals surface area contributed by atoms with Crippen molar-refractivity contribution in [2.75, 3.05) is 0 Å². The fraction of sp³-hybridized carbons (Fsp3) is 0.333. The summed E-state index contributed by atoms with van der Waals surface area (Å²) in [6.07, 6.45) is 1.44. The monoisotopic (exact) mass is 220 g/mol. The van der Waals surface area contributed by atoms with Gasteiger partial charge in [-0.3, -0.25) is 4.79 Å². The maximum absolute atomic E-state index is 12.6. The van der Waals surface area contributed by atoms with E-state index in [1.54, 1.807) is 0 Å². The second-order valence-electron chi connectivity index (χ2n) is 3.45. The first-order valence-electron chi connectivity index (χ1n) is 5.13. The molecule has 0 saturated heterocycles. The number of nitriles is 1. The molecule has 0 fully saturated rings. The maximum atomic E-state index is 12.6. The third-order valence-electron chi connectivity index (χ3n) is 2.14. The Hall–Kier alpha value is -1.89. The van der Waals surface area contributed by atoms with Crippen molar-refractivity contribution in [3.63, 3.8) is 0 Å². The summed E-state index contributed by atoms with van der Waals surface area (Å²) in [5, 5.41) is 11.4. The molecule has 0 aliphatic heterocycles. The van der Waals surface area contributed by atoms with Crippen molar-refractivity contribution in [3.8, 4) is 6.07 Å². The quantitative estimate of drug-likeness (QED) is 0.846. The fourth-order valence-corrected chi connectivity index (χ4v) is 1.30. The third-order valence-corrected chi connectivity index (χ3v) is 2.14. The van der Waals surface area contributed by atoms with Crippen molar-refractivity contribution in [2.24, 2.45) is 0 Å². The normalized spacial score (nSPS) is 11.6. The first-order chi connectivity index (χ1) is 7.67. The predicted octanol–water partition coefficient (Wildman–Crippen LogP) is 2.25. The van der Waals surface area contributed by atoms with E-state index in [0.29, 0.717) is 12.0 Å². The Morgan fingerprint density at radius 1 is 1.50 bits per heavy atom. The third kappa shape index (κ3) is 3.35. The topological polar surface area (TPSA) is 52.9 Å². The van der Waals surface area contributed by atoms with E-state index >= 15 is 0 Å². The molecule has 4 heteroatoms. The molecule has 1 unspecified atom stereocenters. The molecule has 16 heavy (non-hydrogen) atoms. The minimum absolute atomic E-state index is 0.347. The van der Waals surface area contributed by atoms with E-state index in [1.807, 2.05) is 13.0 Å². The molecule has 1 N–H and O–H groups in total. The Balaban J connectivity index is 2.65. The highest BCUT2D eigenvalue weighted by Gasteiger charge is 2.11. The number of nitrogens with zero attached hydrogens (tertiary/aromatic N) is 1. The molecule has 1 aromatic rings. The van der Waals surface area contributed by atoms with Crippen LogP contribution in [0.5, 0.6) is 0 Å². The van der Waals surface area contributed by atoms with Crippen LogP contribution in [0.1, 0.15) is 30.1 Å². The molecule has 84 valence electrons. The Bertz CT molecular complexity index is 394. The molecule has 0 bridgehead atoms. The van der Waals surface area contributed by atoms with Gasteiger partial charge in [0.1, 0.15) is 11.9 Å². The van der Waals surface area contributed by atoms with Gasteiger partial charge in [-0.15, -0.1) is 0 Å². The molecule has 0 saturated carbocycles. The van der Waals surface area contributed by atoms with E-state index in [0.717, 1.165) is 6.42 Å². The molecule has 0 radical (unpaired) electrons. The van der Waals surface area contributed by atoms with Gasteiger partial charge in [-0.2, -0.15) is 5.26 Å². The highest BCUT2D eigenvalue weighted by atomic mass is 19.1. The van der Waals surface area contributed by atoms with Crippen molar-refractivity contribution in [1.29, 1.82) is 5.26 Å². The summed E-state index contributed by atoms with van der Waals surface area (Å²) in [6, 6.07) is 6.75. The van der Waals surface area contributed by atoms with Crippen LogP contribution >= 0.6 is 0 Å². The van der Waals surface area contributed by atoms with Crippen LogP contribution in [0.3, 0.4) is 0 Å². The average Bonchev–Trinajstić information content (AvgIpc) is 2.29. The van der Waals surface area contributed by atoms with Gasteiger partial charge in [-0.1, -0.05) is 13.3 Å². The average molecular weight is 220 g/mol. The molecule has 0 aromatic heterocycles. The number of nitrogens with one attached hydrogen (secondary N) is 1. The molecule has 1 atom stereocenters. The van der Waals surface area contributed by atoms with Gasteiger partial charge < -0.3 is 5.32 Å². The van der Waals surface area contributed by atoms with Crippen molar-refractivity contribution in [2.45, 2.75) is 25.8 Å². The summed E-state index contributed by atoms with van der Waals surface area (Å²) in [7, 11) is 0. The lowest BCUT2D eigenvalue weighted by Crippen LogP contribution is -2.33. The first-order valence-corrected chi connectivity index (χ1v) is 5.13. The van der Waals surface area contributed by atoms with Gasteiger partial charge in [0.2, 0.25) is 0 Å². The van der Waals surface area contributed by atoms with Crippen LogP contribution in [0.2, 0.25) is 0 Å². The number of hydrogen-bond donors (Lipinski definition) is 1. The second kappa shape index (κ2) is 5.86. The number of carbonyl (C=O) groups excluding carboxylic acids is 1. The second-order valence-corrected chi connectivity index (χ2v) is 3.45. The molecular formula is C12H13FN2O. The van der Waals surface area contributed by atoms with Crippen molar-refractivity contribution >= 4 is 5.91 Å². The molecule has 1 rings (SSSR count). The molecular weight excluding hydrogens is 207 g/mol. The highest BCUT2D eigenvalue weighted by Crippen LogP contribution is 2.04. The smallest absolute Gasteiger partial charge is 0.252 e. The van der Waals surface area contributed by atoms with Gasteiger partial charge in [-0.05, 0) is 30.7 Å². The van der Waals surface area contributed by atoms with E-state index in [4.69, 9.17) is 5.26 Å². The van der Waals surface area contributed by atoms with Gasteiger partial charge >= 0.3 is 0 Å². The minimum atomic E-state index is -0.484. The van der Waals surface area contributed by atoms with Gasteiger partial charge in [0.15, 0.2) is 0 Å². The van der Waals surface area contributed by atoms with Crippen molar-refractivity contribution in [3.05, 3.63) is 35.6 Å². The molecule has 0 heterocycles. The summed E-state index contributed by atoms with van der Waals surface area (Å²) in [5.41, 5.74) is 0.359. The molecule has 3 nitrogen and oxygen atoms in total. The SMILES string of the molecule is CCCC(C#N)NC(=O)c1ccc(F)cc1. The predicted molar refractivity (Wildman–Crippen MR) is 58.2 cm³/mol. The summed E-state index contributed by atoms with van der Waals surface area (Å²) >= 11 is 0. The number of rotatable bonds is 4. The van der Waals surface area contributed by atoms with Crippen LogP contribution in [0.4, 0.5) is 4.39 Å². The van der Waals surface area contributed by atoms with E-state index in [1.165, 1.54) is 24.3 Å². The van der Waals surface area contributed by atoms with Crippen LogP contribution in [-0.4, -0.2) is 11.9 Å². The summed E-state index contributed by atoms with van der Waals surface area (Å²) in [5.74, 6) is -0.734. The summed E-state index contributed by atoms with van der Waals surface area (Å²) < 4.78 is 12.6. The molecule has 0 spiro atoms. The van der Waals surface area contributed by atoms with Gasteiger partial charge in [-0.25, -0.2) is 4.39 Å². The Labute approximate surface area is 93.9 Å².